The van der Waals surface area contributed by atoms with Crippen LogP contribution in [0.15, 0.2) is 43.0 Å². The molecular weight excluding hydrogens is 480 g/mol. The lowest BCUT2D eigenvalue weighted by Gasteiger charge is -2.44. The van der Waals surface area contributed by atoms with Gasteiger partial charge in [0, 0.05) is 0 Å². The molecule has 0 amide bonds. The van der Waals surface area contributed by atoms with Gasteiger partial charge in [-0.3, -0.25) is 4.79 Å². The molecule has 6 heteroatoms. The van der Waals surface area contributed by atoms with Gasteiger partial charge in [-0.1, -0.05) is 76.9 Å². The molecule has 210 valence electrons. The normalized spacial score (nSPS) is 24.3. The maximum absolute atomic E-state index is 12.9. The Labute approximate surface area is 227 Å². The van der Waals surface area contributed by atoms with Crippen LogP contribution in [0.25, 0.3) is 0 Å². The molecule has 1 fully saturated rings. The van der Waals surface area contributed by atoms with Crippen LogP contribution in [0.5, 0.6) is 0 Å². The molecule has 0 aromatic heterocycles. The van der Waals surface area contributed by atoms with Gasteiger partial charge < -0.3 is 18.6 Å². The van der Waals surface area contributed by atoms with Crippen LogP contribution in [0.1, 0.15) is 79.2 Å². The third-order valence-electron chi connectivity index (χ3n) is 8.50. The minimum absolute atomic E-state index is 0.0245. The molecule has 0 spiro atoms. The lowest BCUT2D eigenvalue weighted by Crippen LogP contribution is -2.47. The molecule has 5 nitrogen and oxygen atoms in total. The van der Waals surface area contributed by atoms with E-state index in [-0.39, 0.29) is 41.8 Å². The second-order valence-corrected chi connectivity index (χ2v) is 17.3. The number of hydrogen-bond donors (Lipinski definition) is 0. The molecule has 1 saturated carbocycles. The minimum atomic E-state index is -2.12. The molecule has 1 aliphatic rings. The first-order valence-corrected chi connectivity index (χ1v) is 16.9. The molecule has 1 aromatic carbocycles. The summed E-state index contributed by atoms with van der Waals surface area (Å²) in [7, 11) is -2.12. The van der Waals surface area contributed by atoms with Crippen molar-refractivity contribution in [3.05, 3.63) is 48.6 Å². The fraction of sp³-hybridized carbons (Fsp3) is 0.710. The van der Waals surface area contributed by atoms with Crippen molar-refractivity contribution in [2.75, 3.05) is 13.2 Å². The number of carbonyl (C=O) groups excluding carboxylic acids is 1. The maximum Gasteiger partial charge on any atom is 0.308 e. The van der Waals surface area contributed by atoms with Crippen molar-refractivity contribution in [3.8, 4) is 0 Å². The van der Waals surface area contributed by atoms with Crippen LogP contribution in [0.4, 0.5) is 0 Å². The van der Waals surface area contributed by atoms with Gasteiger partial charge >= 0.3 is 5.97 Å². The van der Waals surface area contributed by atoms with E-state index in [9.17, 15) is 4.79 Å². The van der Waals surface area contributed by atoms with E-state index in [1.165, 1.54) is 12.8 Å². The van der Waals surface area contributed by atoms with Crippen molar-refractivity contribution in [2.24, 2.45) is 11.8 Å². The van der Waals surface area contributed by atoms with Crippen molar-refractivity contribution in [1.82, 2.24) is 0 Å². The Morgan fingerprint density at radius 1 is 1.22 bits per heavy atom. The topological polar surface area (TPSA) is 54.0 Å². The van der Waals surface area contributed by atoms with E-state index in [1.807, 2.05) is 43.3 Å². The molecule has 1 aromatic rings. The number of rotatable bonds is 14. The minimum Gasteiger partial charge on any atom is -0.463 e. The predicted molar refractivity (Wildman–Crippen MR) is 154 cm³/mol. The number of hydrogen-bond acceptors (Lipinski definition) is 5. The van der Waals surface area contributed by atoms with Crippen molar-refractivity contribution in [3.63, 3.8) is 0 Å². The Morgan fingerprint density at radius 2 is 1.89 bits per heavy atom. The summed E-state index contributed by atoms with van der Waals surface area (Å²) in [6, 6.07) is 10.1. The Kier molecular flexibility index (Phi) is 12.1. The summed E-state index contributed by atoms with van der Waals surface area (Å²) < 4.78 is 24.8. The van der Waals surface area contributed by atoms with Gasteiger partial charge in [0.1, 0.15) is 6.61 Å². The molecule has 2 rings (SSSR count). The lowest BCUT2D eigenvalue weighted by atomic mass is 9.69. The van der Waals surface area contributed by atoms with Crippen LogP contribution in [0.3, 0.4) is 0 Å². The van der Waals surface area contributed by atoms with Crippen molar-refractivity contribution in [1.29, 1.82) is 0 Å². The largest absolute Gasteiger partial charge is 0.463 e. The van der Waals surface area contributed by atoms with E-state index in [2.05, 4.69) is 54.3 Å². The van der Waals surface area contributed by atoms with Crippen molar-refractivity contribution in [2.45, 2.75) is 116 Å². The van der Waals surface area contributed by atoms with Gasteiger partial charge in [0.05, 0.1) is 37.4 Å². The van der Waals surface area contributed by atoms with E-state index < -0.39 is 8.32 Å². The van der Waals surface area contributed by atoms with Crippen LogP contribution in [-0.4, -0.2) is 45.3 Å². The van der Waals surface area contributed by atoms with Gasteiger partial charge in [0.15, 0.2) is 8.32 Å². The predicted octanol–water partition coefficient (Wildman–Crippen LogP) is 7.70. The smallest absolute Gasteiger partial charge is 0.308 e. The molecule has 0 N–H and O–H groups in total. The van der Waals surface area contributed by atoms with Crippen LogP contribution < -0.4 is 0 Å². The Hall–Kier alpha value is -1.47. The van der Waals surface area contributed by atoms with Gasteiger partial charge in [0.25, 0.3) is 0 Å². The first kappa shape index (κ1) is 31.7. The summed E-state index contributed by atoms with van der Waals surface area (Å²) in [6.07, 6.45) is 5.92. The first-order valence-electron chi connectivity index (χ1n) is 14.0. The Balaban J connectivity index is 1.94. The number of carbonyl (C=O) groups is 1. The lowest BCUT2D eigenvalue weighted by molar-refractivity contribution is -0.156. The summed E-state index contributed by atoms with van der Waals surface area (Å²) >= 11 is 0. The average Bonchev–Trinajstić information content (AvgIpc) is 2.82. The highest BCUT2D eigenvalue weighted by molar-refractivity contribution is 6.74. The van der Waals surface area contributed by atoms with Crippen LogP contribution in [-0.2, 0) is 30.0 Å². The number of ether oxygens (including phenoxy) is 3. The molecule has 5 atom stereocenters. The molecule has 37 heavy (non-hydrogen) atoms. The molecule has 0 unspecified atom stereocenters. The maximum atomic E-state index is 12.9. The quantitative estimate of drug-likeness (QED) is 0.106. The zero-order valence-electron chi connectivity index (χ0n) is 24.7. The van der Waals surface area contributed by atoms with Gasteiger partial charge in [0.2, 0.25) is 0 Å². The van der Waals surface area contributed by atoms with Crippen molar-refractivity contribution >= 4 is 14.3 Å². The van der Waals surface area contributed by atoms with Crippen LogP contribution in [0.2, 0.25) is 18.1 Å². The van der Waals surface area contributed by atoms with Crippen LogP contribution >= 0.6 is 0 Å². The highest BCUT2D eigenvalue weighted by Crippen LogP contribution is 2.42. The van der Waals surface area contributed by atoms with Crippen molar-refractivity contribution < 1.29 is 23.4 Å². The Bertz CT molecular complexity index is 834. The van der Waals surface area contributed by atoms with Gasteiger partial charge in [-0.2, -0.15) is 0 Å². The summed E-state index contributed by atoms with van der Waals surface area (Å²) in [5, 5.41) is 0.0245. The zero-order valence-corrected chi connectivity index (χ0v) is 25.7. The third-order valence-corrected chi connectivity index (χ3v) is 13.0. The van der Waals surface area contributed by atoms with E-state index in [4.69, 9.17) is 18.6 Å². The Morgan fingerprint density at radius 3 is 2.51 bits per heavy atom. The van der Waals surface area contributed by atoms with Gasteiger partial charge in [-0.25, -0.2) is 0 Å². The standard InChI is InChI=1S/C31H52O5Si/c1-10-15-27-24(2)16-14-19-31(27,7)35-21-20-33-29(32)22-28(36-37(8,9)30(4,5)6)25(3)34-23-26-17-12-11-13-18-26/h10-13,17-18,24-25,27-28H,1,14-16,19-23H2,2-9H3/t24-,25+,27-,28+,31+/m0/s1. The molecule has 0 saturated heterocycles. The zero-order chi connectivity index (χ0) is 27.7. The second kappa shape index (κ2) is 14.1. The first-order chi connectivity index (χ1) is 17.3. The number of benzene rings is 1. The highest BCUT2D eigenvalue weighted by Gasteiger charge is 2.42. The molecule has 0 bridgehead atoms. The number of esters is 1. The highest BCUT2D eigenvalue weighted by atomic mass is 28.4. The van der Waals surface area contributed by atoms with E-state index >= 15 is 0 Å². The molecule has 0 radical (unpaired) electrons. The molecule has 0 heterocycles. The van der Waals surface area contributed by atoms with E-state index in [1.54, 1.807) is 0 Å². The molecular formula is C31H52O5Si. The molecule has 0 aliphatic heterocycles. The van der Waals surface area contributed by atoms with Gasteiger partial charge in [-0.05, 0) is 62.2 Å². The molecule has 1 aliphatic carbocycles. The summed E-state index contributed by atoms with van der Waals surface area (Å²) in [6.45, 7) is 22.6. The van der Waals surface area contributed by atoms with Gasteiger partial charge in [-0.15, -0.1) is 6.58 Å². The fourth-order valence-electron chi connectivity index (χ4n) is 5.03. The number of allylic oxidation sites excluding steroid dienone is 1. The third kappa shape index (κ3) is 9.65. The monoisotopic (exact) mass is 532 g/mol. The summed E-state index contributed by atoms with van der Waals surface area (Å²) in [4.78, 5) is 12.9. The average molecular weight is 533 g/mol. The van der Waals surface area contributed by atoms with E-state index in [0.717, 1.165) is 18.4 Å². The SMILES string of the molecule is C=CC[C@H]1[C@@H](C)CCC[C@@]1(C)OCCOC(=O)C[C@@H](O[Si](C)(C)C(C)(C)C)[C@@H](C)OCc1ccccc1. The summed E-state index contributed by atoms with van der Waals surface area (Å²) in [5.74, 6) is 0.775. The second-order valence-electron chi connectivity index (χ2n) is 12.5. The van der Waals surface area contributed by atoms with Crippen LogP contribution in [0, 0.1) is 11.8 Å². The summed E-state index contributed by atoms with van der Waals surface area (Å²) in [5.41, 5.74) is 0.895. The van der Waals surface area contributed by atoms with E-state index in [0.29, 0.717) is 25.0 Å². The fourth-order valence-corrected chi connectivity index (χ4v) is 6.41.